The van der Waals surface area contributed by atoms with Crippen LogP contribution in [0.2, 0.25) is 0 Å². The SMILES string of the molecule is Cc1ccccc1C(CN)N1CCCC(O)C1. The fourth-order valence-corrected chi connectivity index (χ4v) is 2.70. The Hall–Kier alpha value is -0.900. The van der Waals surface area contributed by atoms with Gasteiger partial charge in [-0.3, -0.25) is 4.90 Å². The lowest BCUT2D eigenvalue weighted by Gasteiger charge is -2.36. The molecule has 3 N–H and O–H groups in total. The molecule has 1 aliphatic heterocycles. The maximum absolute atomic E-state index is 9.76. The number of aliphatic hydroxyl groups excluding tert-OH is 1. The van der Waals surface area contributed by atoms with E-state index in [1.807, 2.05) is 0 Å². The van der Waals surface area contributed by atoms with Crippen LogP contribution < -0.4 is 5.73 Å². The molecule has 2 atom stereocenters. The van der Waals surface area contributed by atoms with Gasteiger partial charge in [-0.1, -0.05) is 24.3 Å². The van der Waals surface area contributed by atoms with Gasteiger partial charge in [-0.05, 0) is 37.4 Å². The van der Waals surface area contributed by atoms with Crippen LogP contribution in [0, 0.1) is 6.92 Å². The molecular weight excluding hydrogens is 212 g/mol. The van der Waals surface area contributed by atoms with Crippen LogP contribution in [0.4, 0.5) is 0 Å². The van der Waals surface area contributed by atoms with Crippen LogP contribution >= 0.6 is 0 Å². The highest BCUT2D eigenvalue weighted by Gasteiger charge is 2.25. The predicted molar refractivity (Wildman–Crippen MR) is 69.8 cm³/mol. The fraction of sp³-hybridized carbons (Fsp3) is 0.571. The zero-order valence-corrected chi connectivity index (χ0v) is 10.5. The summed E-state index contributed by atoms with van der Waals surface area (Å²) in [6.07, 6.45) is 1.78. The van der Waals surface area contributed by atoms with Crippen molar-refractivity contribution in [3.05, 3.63) is 35.4 Å². The number of nitrogens with zero attached hydrogens (tertiary/aromatic N) is 1. The molecule has 3 nitrogen and oxygen atoms in total. The Bertz CT molecular complexity index is 367. The lowest BCUT2D eigenvalue weighted by atomic mass is 9.97. The minimum absolute atomic E-state index is 0.193. The smallest absolute Gasteiger partial charge is 0.0667 e. The lowest BCUT2D eigenvalue weighted by Crippen LogP contribution is -2.43. The zero-order chi connectivity index (χ0) is 12.3. The average molecular weight is 234 g/mol. The normalized spacial score (nSPS) is 23.6. The first-order chi connectivity index (χ1) is 8.22. The van der Waals surface area contributed by atoms with Gasteiger partial charge in [-0.2, -0.15) is 0 Å². The number of benzene rings is 1. The summed E-state index contributed by atoms with van der Waals surface area (Å²) in [6.45, 7) is 4.51. The number of β-amino-alcohol motifs (C(OH)–C–C–N with tert-alkyl or cyclic N) is 1. The van der Waals surface area contributed by atoms with Gasteiger partial charge in [-0.15, -0.1) is 0 Å². The van der Waals surface area contributed by atoms with Gasteiger partial charge in [0.15, 0.2) is 0 Å². The second kappa shape index (κ2) is 5.63. The van der Waals surface area contributed by atoms with Crippen LogP contribution in [-0.4, -0.2) is 35.7 Å². The van der Waals surface area contributed by atoms with Crippen molar-refractivity contribution in [2.75, 3.05) is 19.6 Å². The van der Waals surface area contributed by atoms with E-state index in [9.17, 15) is 5.11 Å². The first kappa shape index (κ1) is 12.6. The fourth-order valence-electron chi connectivity index (χ4n) is 2.70. The van der Waals surface area contributed by atoms with Gasteiger partial charge in [0, 0.05) is 19.1 Å². The average Bonchev–Trinajstić information content (AvgIpc) is 2.33. The van der Waals surface area contributed by atoms with Crippen molar-refractivity contribution in [2.45, 2.75) is 31.9 Å². The Morgan fingerprint density at radius 1 is 1.47 bits per heavy atom. The molecule has 1 heterocycles. The third-order valence-electron chi connectivity index (χ3n) is 3.64. The third-order valence-corrected chi connectivity index (χ3v) is 3.64. The van der Waals surface area contributed by atoms with Crippen LogP contribution in [0.15, 0.2) is 24.3 Å². The molecule has 0 spiro atoms. The molecule has 1 saturated heterocycles. The molecular formula is C14H22N2O. The molecule has 94 valence electrons. The van der Waals surface area contributed by atoms with Gasteiger partial charge in [0.25, 0.3) is 0 Å². The summed E-state index contributed by atoms with van der Waals surface area (Å²) >= 11 is 0. The Morgan fingerprint density at radius 3 is 2.88 bits per heavy atom. The molecule has 2 rings (SSSR count). The van der Waals surface area contributed by atoms with Crippen molar-refractivity contribution in [1.82, 2.24) is 4.90 Å². The van der Waals surface area contributed by atoms with Crippen molar-refractivity contribution < 1.29 is 5.11 Å². The van der Waals surface area contributed by atoms with Crippen LogP contribution in [0.3, 0.4) is 0 Å². The van der Waals surface area contributed by atoms with E-state index in [1.54, 1.807) is 0 Å². The van der Waals surface area contributed by atoms with E-state index < -0.39 is 0 Å². The standard InChI is InChI=1S/C14H22N2O/c1-11-5-2-3-7-13(11)14(9-15)16-8-4-6-12(17)10-16/h2-3,5,7,12,14,17H,4,6,8-10,15H2,1H3. The van der Waals surface area contributed by atoms with Crippen molar-refractivity contribution in [3.63, 3.8) is 0 Å². The van der Waals surface area contributed by atoms with Gasteiger partial charge in [0.05, 0.1) is 6.10 Å². The quantitative estimate of drug-likeness (QED) is 0.832. The predicted octanol–water partition coefficient (Wildman–Crippen LogP) is 1.45. The van der Waals surface area contributed by atoms with Crippen LogP contribution in [0.5, 0.6) is 0 Å². The summed E-state index contributed by atoms with van der Waals surface area (Å²) in [5.74, 6) is 0. The first-order valence-corrected chi connectivity index (χ1v) is 6.40. The Labute approximate surface area is 103 Å². The summed E-state index contributed by atoms with van der Waals surface area (Å²) in [5.41, 5.74) is 8.50. The highest BCUT2D eigenvalue weighted by Crippen LogP contribution is 2.26. The van der Waals surface area contributed by atoms with Crippen LogP contribution in [0.25, 0.3) is 0 Å². The van der Waals surface area contributed by atoms with E-state index in [4.69, 9.17) is 5.73 Å². The zero-order valence-electron chi connectivity index (χ0n) is 10.5. The van der Waals surface area contributed by atoms with Crippen LogP contribution in [0.1, 0.15) is 30.0 Å². The number of hydrogen-bond donors (Lipinski definition) is 2. The third kappa shape index (κ3) is 2.86. The minimum Gasteiger partial charge on any atom is -0.392 e. The van der Waals surface area contributed by atoms with E-state index in [0.29, 0.717) is 6.54 Å². The molecule has 0 amide bonds. The first-order valence-electron chi connectivity index (χ1n) is 6.40. The number of aliphatic hydroxyl groups is 1. The largest absolute Gasteiger partial charge is 0.392 e. The topological polar surface area (TPSA) is 49.5 Å². The number of piperidine rings is 1. The Kier molecular flexibility index (Phi) is 4.15. The minimum atomic E-state index is -0.193. The number of hydrogen-bond acceptors (Lipinski definition) is 3. The van der Waals surface area contributed by atoms with E-state index in [-0.39, 0.29) is 12.1 Å². The number of likely N-dealkylation sites (tertiary alicyclic amines) is 1. The van der Waals surface area contributed by atoms with E-state index in [1.165, 1.54) is 11.1 Å². The van der Waals surface area contributed by atoms with Crippen molar-refractivity contribution in [2.24, 2.45) is 5.73 Å². The second-order valence-corrected chi connectivity index (χ2v) is 4.90. The summed E-state index contributed by atoms with van der Waals surface area (Å²) in [5, 5.41) is 9.76. The summed E-state index contributed by atoms with van der Waals surface area (Å²) in [6, 6.07) is 8.63. The molecule has 0 aliphatic carbocycles. The van der Waals surface area contributed by atoms with Gasteiger partial charge >= 0.3 is 0 Å². The molecule has 1 aromatic rings. The number of aryl methyl sites for hydroxylation is 1. The highest BCUT2D eigenvalue weighted by atomic mass is 16.3. The lowest BCUT2D eigenvalue weighted by molar-refractivity contribution is 0.0478. The second-order valence-electron chi connectivity index (χ2n) is 4.90. The molecule has 0 aromatic heterocycles. The molecule has 3 heteroatoms. The molecule has 0 bridgehead atoms. The Balaban J connectivity index is 2.18. The van der Waals surface area contributed by atoms with Crippen molar-refractivity contribution in [1.29, 1.82) is 0 Å². The molecule has 0 radical (unpaired) electrons. The maximum atomic E-state index is 9.76. The van der Waals surface area contributed by atoms with Crippen LogP contribution in [-0.2, 0) is 0 Å². The monoisotopic (exact) mass is 234 g/mol. The maximum Gasteiger partial charge on any atom is 0.0667 e. The number of nitrogens with two attached hydrogens (primary N) is 1. The molecule has 0 saturated carbocycles. The molecule has 1 aromatic carbocycles. The van der Waals surface area contributed by atoms with Crippen molar-refractivity contribution in [3.8, 4) is 0 Å². The van der Waals surface area contributed by atoms with Gasteiger partial charge < -0.3 is 10.8 Å². The van der Waals surface area contributed by atoms with E-state index in [0.717, 1.165) is 25.9 Å². The molecule has 1 aliphatic rings. The summed E-state index contributed by atoms with van der Waals surface area (Å²) in [4.78, 5) is 2.32. The van der Waals surface area contributed by atoms with Crippen molar-refractivity contribution >= 4 is 0 Å². The molecule has 17 heavy (non-hydrogen) atoms. The molecule has 1 fully saturated rings. The van der Waals surface area contributed by atoms with Gasteiger partial charge in [0.2, 0.25) is 0 Å². The molecule has 2 unspecified atom stereocenters. The summed E-state index contributed by atoms with van der Waals surface area (Å²) < 4.78 is 0. The number of rotatable bonds is 3. The highest BCUT2D eigenvalue weighted by molar-refractivity contribution is 5.29. The Morgan fingerprint density at radius 2 is 2.24 bits per heavy atom. The summed E-state index contributed by atoms with van der Waals surface area (Å²) in [7, 11) is 0. The van der Waals surface area contributed by atoms with Gasteiger partial charge in [0.1, 0.15) is 0 Å². The van der Waals surface area contributed by atoms with E-state index in [2.05, 4.69) is 36.1 Å². The van der Waals surface area contributed by atoms with Gasteiger partial charge in [-0.25, -0.2) is 0 Å². The van der Waals surface area contributed by atoms with E-state index >= 15 is 0 Å².